The second-order valence-electron chi connectivity index (χ2n) is 6.29. The second kappa shape index (κ2) is 6.95. The molecule has 1 N–H and O–H groups in total. The quantitative estimate of drug-likeness (QED) is 0.270. The first kappa shape index (κ1) is 18.5. The van der Waals surface area contributed by atoms with Crippen LogP contribution in [0.15, 0.2) is 41.2 Å². The molecule has 7 heteroatoms. The van der Waals surface area contributed by atoms with Crippen LogP contribution in [0, 0.1) is 13.8 Å². The van der Waals surface area contributed by atoms with Gasteiger partial charge >= 0.3 is 0 Å². The van der Waals surface area contributed by atoms with Crippen molar-refractivity contribution < 1.29 is 0 Å². The standard InChI is InChI=1S/C20H13Cl3N2OS/c1-9-3-5-11(6-4-9)24-12-7-10(2)17-13(8-12)27-20-16(23)19(26)15(22)14(21)18(20)25-17/h3-8,24H,1-2H3. The fourth-order valence-corrected chi connectivity index (χ4v) is 4.81. The van der Waals surface area contributed by atoms with Crippen molar-refractivity contribution >= 4 is 67.7 Å². The summed E-state index contributed by atoms with van der Waals surface area (Å²) >= 11 is 19.9. The Bertz CT molecular complexity index is 1220. The predicted octanol–water partition coefficient (Wildman–Crippen LogP) is 7.08. The highest BCUT2D eigenvalue weighted by atomic mass is 35.5. The molecular weight excluding hydrogens is 423 g/mol. The smallest absolute Gasteiger partial charge is 0.218 e. The fraction of sp³-hybridized carbons (Fsp3) is 0.100. The molecule has 0 unspecified atom stereocenters. The van der Waals surface area contributed by atoms with Crippen molar-refractivity contribution in [1.29, 1.82) is 0 Å². The van der Waals surface area contributed by atoms with Crippen molar-refractivity contribution in [3.8, 4) is 10.6 Å². The van der Waals surface area contributed by atoms with Crippen molar-refractivity contribution in [1.82, 2.24) is 4.98 Å². The molecule has 0 saturated heterocycles. The lowest BCUT2D eigenvalue weighted by atomic mass is 10.1. The molecule has 0 saturated carbocycles. The highest BCUT2D eigenvalue weighted by Gasteiger charge is 2.22. The Balaban J connectivity index is 1.91. The van der Waals surface area contributed by atoms with E-state index in [0.29, 0.717) is 10.6 Å². The number of nitrogens with one attached hydrogen (secondary N) is 1. The SMILES string of the molecule is Cc1ccc(Nc2cc(C)c3nc4c(Cl)c(Cl)c(=O)c(Cl)c-4sc3c2)cc1. The van der Waals surface area contributed by atoms with E-state index in [1.165, 1.54) is 16.9 Å². The molecule has 0 spiro atoms. The molecule has 0 radical (unpaired) electrons. The molecule has 1 aliphatic carbocycles. The van der Waals surface area contributed by atoms with Crippen LogP contribution in [-0.2, 0) is 0 Å². The van der Waals surface area contributed by atoms with Gasteiger partial charge in [0.1, 0.15) is 15.7 Å². The highest BCUT2D eigenvalue weighted by molar-refractivity contribution is 7.22. The number of hydrogen-bond acceptors (Lipinski definition) is 4. The summed E-state index contributed by atoms with van der Waals surface area (Å²) in [6.45, 7) is 4.03. The number of anilines is 2. The van der Waals surface area contributed by atoms with E-state index >= 15 is 0 Å². The van der Waals surface area contributed by atoms with Gasteiger partial charge in [-0.3, -0.25) is 4.79 Å². The Morgan fingerprint density at radius 2 is 1.63 bits per heavy atom. The molecule has 4 rings (SSSR count). The predicted molar refractivity (Wildman–Crippen MR) is 117 cm³/mol. The van der Waals surface area contributed by atoms with Crippen molar-refractivity contribution in [3.63, 3.8) is 0 Å². The maximum Gasteiger partial charge on any atom is 0.218 e. The third-order valence-electron chi connectivity index (χ3n) is 4.26. The zero-order chi connectivity index (χ0) is 19.3. The lowest BCUT2D eigenvalue weighted by Gasteiger charge is -2.14. The molecule has 2 aromatic rings. The number of aryl methyl sites for hydroxylation is 2. The molecule has 0 fully saturated rings. The average Bonchev–Trinajstić information content (AvgIpc) is 2.65. The minimum Gasteiger partial charge on any atom is -0.355 e. The maximum absolute atomic E-state index is 12.2. The summed E-state index contributed by atoms with van der Waals surface area (Å²) in [5.74, 6) is 0. The van der Waals surface area contributed by atoms with E-state index in [9.17, 15) is 4.79 Å². The lowest BCUT2D eigenvalue weighted by molar-refractivity contribution is 1.37. The Hall–Kier alpha value is -1.85. The van der Waals surface area contributed by atoms with E-state index in [1.54, 1.807) is 0 Å². The van der Waals surface area contributed by atoms with Crippen LogP contribution in [0.4, 0.5) is 11.4 Å². The molecule has 136 valence electrons. The van der Waals surface area contributed by atoms with Crippen molar-refractivity contribution in [2.75, 3.05) is 5.32 Å². The molecule has 0 atom stereocenters. The average molecular weight is 436 g/mol. The largest absolute Gasteiger partial charge is 0.355 e. The van der Waals surface area contributed by atoms with Gasteiger partial charge in [-0.1, -0.05) is 52.5 Å². The Labute approximate surface area is 174 Å². The van der Waals surface area contributed by atoms with Gasteiger partial charge in [-0.2, -0.15) is 0 Å². The molecule has 0 amide bonds. The van der Waals surface area contributed by atoms with Gasteiger partial charge in [-0.25, -0.2) is 4.98 Å². The Morgan fingerprint density at radius 3 is 2.33 bits per heavy atom. The van der Waals surface area contributed by atoms with Crippen LogP contribution in [0.25, 0.3) is 20.8 Å². The van der Waals surface area contributed by atoms with Gasteiger partial charge in [-0.05, 0) is 43.7 Å². The first-order chi connectivity index (χ1) is 12.8. The third kappa shape index (κ3) is 3.27. The maximum atomic E-state index is 12.2. The number of aromatic nitrogens is 1. The number of hydrogen-bond donors (Lipinski definition) is 1. The summed E-state index contributed by atoms with van der Waals surface area (Å²) in [5, 5.41) is 3.49. The van der Waals surface area contributed by atoms with Gasteiger partial charge in [0.25, 0.3) is 0 Å². The Kier molecular flexibility index (Phi) is 4.77. The van der Waals surface area contributed by atoms with Gasteiger partial charge in [0, 0.05) is 11.4 Å². The summed E-state index contributed by atoms with van der Waals surface area (Å²) in [5.41, 5.74) is 4.88. The van der Waals surface area contributed by atoms with E-state index in [0.717, 1.165) is 27.2 Å². The molecule has 3 nitrogen and oxygen atoms in total. The zero-order valence-corrected chi connectivity index (χ0v) is 17.4. The minimum atomic E-state index is -0.473. The Morgan fingerprint density at radius 1 is 0.926 bits per heavy atom. The van der Waals surface area contributed by atoms with Crippen LogP contribution in [0.3, 0.4) is 0 Å². The topological polar surface area (TPSA) is 42.0 Å². The van der Waals surface area contributed by atoms with Crippen LogP contribution >= 0.6 is 46.1 Å². The number of halogens is 3. The third-order valence-corrected chi connectivity index (χ3v) is 6.69. The number of fused-ring (bicyclic) bond motifs is 2. The van der Waals surface area contributed by atoms with Crippen molar-refractivity contribution in [3.05, 3.63) is 72.8 Å². The van der Waals surface area contributed by atoms with Gasteiger partial charge in [0.15, 0.2) is 0 Å². The molecule has 0 bridgehead atoms. The van der Waals surface area contributed by atoms with Crippen molar-refractivity contribution in [2.45, 2.75) is 13.8 Å². The first-order valence-corrected chi connectivity index (χ1v) is 10.1. The lowest BCUT2D eigenvalue weighted by Crippen LogP contribution is -2.06. The number of rotatable bonds is 2. The van der Waals surface area contributed by atoms with Crippen LogP contribution in [0.2, 0.25) is 15.1 Å². The second-order valence-corrected chi connectivity index (χ2v) is 8.48. The minimum absolute atomic E-state index is 0.0494. The summed E-state index contributed by atoms with van der Waals surface area (Å²) in [6, 6.07) is 12.2. The van der Waals surface area contributed by atoms with Crippen LogP contribution in [0.5, 0.6) is 0 Å². The van der Waals surface area contributed by atoms with E-state index < -0.39 is 5.43 Å². The van der Waals surface area contributed by atoms with E-state index in [4.69, 9.17) is 34.8 Å². The molecule has 2 aliphatic rings. The van der Waals surface area contributed by atoms with Crippen molar-refractivity contribution in [2.24, 2.45) is 0 Å². The molecule has 1 heterocycles. The van der Waals surface area contributed by atoms with Crippen LogP contribution in [0.1, 0.15) is 11.1 Å². The number of benzene rings is 3. The molecule has 0 aromatic heterocycles. The molecular formula is C20H13Cl3N2OS. The molecule has 1 aliphatic heterocycles. The van der Waals surface area contributed by atoms with E-state index in [1.807, 2.05) is 38.1 Å². The molecule has 27 heavy (non-hydrogen) atoms. The molecule has 2 aromatic carbocycles. The summed E-state index contributed by atoms with van der Waals surface area (Å²) in [7, 11) is 0. The highest BCUT2D eigenvalue weighted by Crippen LogP contribution is 2.42. The number of nitrogens with zero attached hydrogens (tertiary/aromatic N) is 1. The summed E-state index contributed by atoms with van der Waals surface area (Å²) in [4.78, 5) is 17.3. The van der Waals surface area contributed by atoms with E-state index in [2.05, 4.69) is 22.4 Å². The van der Waals surface area contributed by atoms with Gasteiger partial charge < -0.3 is 5.32 Å². The van der Waals surface area contributed by atoms with Gasteiger partial charge in [0.05, 0.1) is 20.1 Å². The van der Waals surface area contributed by atoms with Gasteiger partial charge in [0.2, 0.25) is 5.43 Å². The van der Waals surface area contributed by atoms with Crippen LogP contribution in [-0.4, -0.2) is 4.98 Å². The normalized spacial score (nSPS) is 11.3. The van der Waals surface area contributed by atoms with E-state index in [-0.39, 0.29) is 15.1 Å². The summed E-state index contributed by atoms with van der Waals surface area (Å²) in [6.07, 6.45) is 0. The van der Waals surface area contributed by atoms with Crippen LogP contribution < -0.4 is 10.7 Å². The van der Waals surface area contributed by atoms with Gasteiger partial charge in [-0.15, -0.1) is 11.3 Å². The zero-order valence-electron chi connectivity index (χ0n) is 14.4. The monoisotopic (exact) mass is 434 g/mol. The first-order valence-electron chi connectivity index (χ1n) is 8.10. The summed E-state index contributed by atoms with van der Waals surface area (Å²) < 4.78 is 0.900. The fourth-order valence-electron chi connectivity index (χ4n) is 2.87.